The SMILES string of the molecule is NCCOc1cccc(NC(=O)c2ccc(Cl)c(Br)c2)c1. The third kappa shape index (κ3) is 4.46. The molecule has 0 bridgehead atoms. The van der Waals surface area contributed by atoms with E-state index >= 15 is 0 Å². The van der Waals surface area contributed by atoms with E-state index in [4.69, 9.17) is 22.1 Å². The highest BCUT2D eigenvalue weighted by Crippen LogP contribution is 2.24. The molecule has 4 nitrogen and oxygen atoms in total. The zero-order chi connectivity index (χ0) is 15.2. The predicted octanol–water partition coefficient (Wildman–Crippen LogP) is 3.69. The summed E-state index contributed by atoms with van der Waals surface area (Å²) in [6.45, 7) is 0.872. The first kappa shape index (κ1) is 15.8. The maximum absolute atomic E-state index is 12.2. The van der Waals surface area contributed by atoms with Gasteiger partial charge in [-0.2, -0.15) is 0 Å². The maximum Gasteiger partial charge on any atom is 0.255 e. The van der Waals surface area contributed by atoms with E-state index in [2.05, 4.69) is 21.2 Å². The van der Waals surface area contributed by atoms with Crippen LogP contribution in [-0.2, 0) is 0 Å². The molecule has 2 aromatic carbocycles. The first-order chi connectivity index (χ1) is 10.1. The number of carbonyl (C=O) groups is 1. The van der Waals surface area contributed by atoms with E-state index in [9.17, 15) is 4.79 Å². The van der Waals surface area contributed by atoms with E-state index in [0.717, 1.165) is 0 Å². The number of hydrogen-bond donors (Lipinski definition) is 2. The van der Waals surface area contributed by atoms with E-state index in [1.165, 1.54) is 0 Å². The molecule has 0 aliphatic rings. The Bertz CT molecular complexity index is 649. The molecular formula is C15H14BrClN2O2. The van der Waals surface area contributed by atoms with Gasteiger partial charge in [-0.3, -0.25) is 4.79 Å². The van der Waals surface area contributed by atoms with Crippen molar-refractivity contribution < 1.29 is 9.53 Å². The normalized spacial score (nSPS) is 10.2. The predicted molar refractivity (Wildman–Crippen MR) is 88.1 cm³/mol. The second kappa shape index (κ2) is 7.45. The van der Waals surface area contributed by atoms with Gasteiger partial charge in [0.05, 0.1) is 5.02 Å². The standard InChI is InChI=1S/C15H14BrClN2O2/c16-13-8-10(4-5-14(13)17)15(20)19-11-2-1-3-12(9-11)21-7-6-18/h1-5,8-9H,6-7,18H2,(H,19,20). The van der Waals surface area contributed by atoms with Crippen LogP contribution in [0.4, 0.5) is 5.69 Å². The Morgan fingerprint density at radius 3 is 2.81 bits per heavy atom. The van der Waals surface area contributed by atoms with Crippen molar-refractivity contribution in [3.05, 3.63) is 57.5 Å². The third-order valence-electron chi connectivity index (χ3n) is 2.66. The topological polar surface area (TPSA) is 64.3 Å². The number of rotatable bonds is 5. The monoisotopic (exact) mass is 368 g/mol. The van der Waals surface area contributed by atoms with E-state index in [0.29, 0.717) is 39.6 Å². The lowest BCUT2D eigenvalue weighted by Gasteiger charge is -2.09. The molecule has 0 aromatic heterocycles. The summed E-state index contributed by atoms with van der Waals surface area (Å²) >= 11 is 9.21. The van der Waals surface area contributed by atoms with Crippen LogP contribution in [0.1, 0.15) is 10.4 Å². The Hall–Kier alpha value is -1.56. The Morgan fingerprint density at radius 1 is 1.29 bits per heavy atom. The molecule has 1 amide bonds. The summed E-state index contributed by atoms with van der Waals surface area (Å²) in [4.78, 5) is 12.2. The van der Waals surface area contributed by atoms with Gasteiger partial charge in [0.15, 0.2) is 0 Å². The van der Waals surface area contributed by atoms with Crippen LogP contribution in [0.3, 0.4) is 0 Å². The van der Waals surface area contributed by atoms with Crippen LogP contribution >= 0.6 is 27.5 Å². The zero-order valence-corrected chi connectivity index (χ0v) is 13.4. The van der Waals surface area contributed by atoms with Gasteiger partial charge < -0.3 is 15.8 Å². The molecule has 3 N–H and O–H groups in total. The number of nitrogens with one attached hydrogen (secondary N) is 1. The fourth-order valence-corrected chi connectivity index (χ4v) is 2.18. The van der Waals surface area contributed by atoms with E-state index in [1.807, 2.05) is 6.07 Å². The molecule has 0 spiro atoms. The molecule has 6 heteroatoms. The largest absolute Gasteiger partial charge is 0.492 e. The molecule has 0 unspecified atom stereocenters. The Kier molecular flexibility index (Phi) is 5.61. The Balaban J connectivity index is 2.10. The fourth-order valence-electron chi connectivity index (χ4n) is 1.68. The van der Waals surface area contributed by atoms with Crippen LogP contribution in [0, 0.1) is 0 Å². The van der Waals surface area contributed by atoms with Crippen LogP contribution < -0.4 is 15.8 Å². The van der Waals surface area contributed by atoms with Gasteiger partial charge in [0.1, 0.15) is 12.4 Å². The lowest BCUT2D eigenvalue weighted by molar-refractivity contribution is 0.102. The van der Waals surface area contributed by atoms with E-state index in [-0.39, 0.29) is 5.91 Å². The first-order valence-corrected chi connectivity index (χ1v) is 7.46. The Morgan fingerprint density at radius 2 is 2.10 bits per heavy atom. The van der Waals surface area contributed by atoms with Crippen molar-refractivity contribution in [3.63, 3.8) is 0 Å². The molecule has 0 saturated heterocycles. The van der Waals surface area contributed by atoms with E-state index < -0.39 is 0 Å². The summed E-state index contributed by atoms with van der Waals surface area (Å²) in [6, 6.07) is 12.2. The van der Waals surface area contributed by atoms with Gasteiger partial charge in [-0.25, -0.2) is 0 Å². The number of ether oxygens (including phenoxy) is 1. The molecule has 0 aliphatic carbocycles. The summed E-state index contributed by atoms with van der Waals surface area (Å²) in [5.74, 6) is 0.443. The molecule has 0 heterocycles. The number of benzene rings is 2. The minimum atomic E-state index is -0.219. The lowest BCUT2D eigenvalue weighted by Crippen LogP contribution is -2.13. The molecule has 0 atom stereocenters. The average molecular weight is 370 g/mol. The van der Waals surface area contributed by atoms with Gasteiger partial charge in [-0.1, -0.05) is 17.7 Å². The van der Waals surface area contributed by atoms with Gasteiger partial charge >= 0.3 is 0 Å². The van der Waals surface area contributed by atoms with Crippen molar-refractivity contribution in [1.82, 2.24) is 0 Å². The smallest absolute Gasteiger partial charge is 0.255 e. The second-order valence-electron chi connectivity index (χ2n) is 4.25. The number of hydrogen-bond acceptors (Lipinski definition) is 3. The highest BCUT2D eigenvalue weighted by atomic mass is 79.9. The van der Waals surface area contributed by atoms with Crippen LogP contribution in [0.15, 0.2) is 46.9 Å². The van der Waals surface area contributed by atoms with Crippen molar-refractivity contribution in [3.8, 4) is 5.75 Å². The molecule has 0 saturated carbocycles. The first-order valence-electron chi connectivity index (χ1n) is 6.29. The van der Waals surface area contributed by atoms with Gasteiger partial charge in [0.25, 0.3) is 5.91 Å². The molecule has 2 rings (SSSR count). The van der Waals surface area contributed by atoms with E-state index in [1.54, 1.807) is 36.4 Å². The van der Waals surface area contributed by atoms with Crippen molar-refractivity contribution in [1.29, 1.82) is 0 Å². The number of halogens is 2. The number of nitrogens with two attached hydrogens (primary N) is 1. The molecule has 0 fully saturated rings. The summed E-state index contributed by atoms with van der Waals surface area (Å²) in [5, 5.41) is 3.37. The summed E-state index contributed by atoms with van der Waals surface area (Å²) in [6.07, 6.45) is 0. The number of amides is 1. The van der Waals surface area contributed by atoms with Gasteiger partial charge in [0.2, 0.25) is 0 Å². The average Bonchev–Trinajstić information content (AvgIpc) is 2.48. The number of carbonyl (C=O) groups excluding carboxylic acids is 1. The molecule has 0 aliphatic heterocycles. The zero-order valence-electron chi connectivity index (χ0n) is 11.1. The highest BCUT2D eigenvalue weighted by Gasteiger charge is 2.08. The van der Waals surface area contributed by atoms with Crippen LogP contribution in [-0.4, -0.2) is 19.1 Å². The van der Waals surface area contributed by atoms with Crippen molar-refractivity contribution in [2.45, 2.75) is 0 Å². The summed E-state index contributed by atoms with van der Waals surface area (Å²) in [5.41, 5.74) is 6.55. The van der Waals surface area contributed by atoms with Crippen LogP contribution in [0.25, 0.3) is 0 Å². The number of anilines is 1. The minimum absolute atomic E-state index is 0.219. The molecule has 0 radical (unpaired) electrons. The van der Waals surface area contributed by atoms with Crippen LogP contribution in [0.5, 0.6) is 5.75 Å². The Labute approximate surface area is 136 Å². The van der Waals surface area contributed by atoms with Crippen molar-refractivity contribution >= 4 is 39.1 Å². The summed E-state index contributed by atoms with van der Waals surface area (Å²) < 4.78 is 6.09. The van der Waals surface area contributed by atoms with Gasteiger partial charge in [-0.15, -0.1) is 0 Å². The molecular weight excluding hydrogens is 356 g/mol. The van der Waals surface area contributed by atoms with Crippen molar-refractivity contribution in [2.75, 3.05) is 18.5 Å². The lowest BCUT2D eigenvalue weighted by atomic mass is 10.2. The molecule has 110 valence electrons. The molecule has 2 aromatic rings. The van der Waals surface area contributed by atoms with Gasteiger partial charge in [0, 0.05) is 28.3 Å². The van der Waals surface area contributed by atoms with Gasteiger partial charge in [-0.05, 0) is 46.3 Å². The fraction of sp³-hybridized carbons (Fsp3) is 0.133. The third-order valence-corrected chi connectivity index (χ3v) is 3.87. The van der Waals surface area contributed by atoms with Crippen LogP contribution in [0.2, 0.25) is 5.02 Å². The summed E-state index contributed by atoms with van der Waals surface area (Å²) in [7, 11) is 0. The van der Waals surface area contributed by atoms with Crippen molar-refractivity contribution in [2.24, 2.45) is 5.73 Å². The second-order valence-corrected chi connectivity index (χ2v) is 5.51. The minimum Gasteiger partial charge on any atom is -0.492 e. The quantitative estimate of drug-likeness (QED) is 0.845. The maximum atomic E-state index is 12.2. The highest BCUT2D eigenvalue weighted by molar-refractivity contribution is 9.10. The molecule has 21 heavy (non-hydrogen) atoms.